The summed E-state index contributed by atoms with van der Waals surface area (Å²) in [5, 5.41) is 36.2. The SMILES string of the molecule is [2H]CC(=O)OC[C@@H](OC(=O)C[2H])[C@@H](OC(=O)C[2H])[C@H](OC(=O)C[2H])[C@@H](OC(=O)C[2H])C(=O)NC[C@H]1O[C@@](O)(Cc2ccccc2)[C@H](NC(=O)c2ccc3cc(C(=O)N[C@@H]4[C@@H](OC(C)=O)[C@H](OC(C)=O)[C@@H](CNC(=O)[C@H](OC(=O)C[2H])[C@@H](OC(=O)C[2H])[C@H](OC(=O)C[2H])[C@@H](COC(=O)C[2H])OC(=O)C[2H])O[C@@]4(O)Cc4ccccc4)ccc3c2)[C@@H](OC(C)=O)[C@@H]1OC(C)=O. The largest absolute Gasteiger partial charge is 0.462 e. The zero-order chi connectivity index (χ0) is 94.9. The molecule has 40 heteroatoms. The molecule has 0 aliphatic carbocycles. The van der Waals surface area contributed by atoms with Gasteiger partial charge in [0.15, 0.2) is 72.6 Å². The molecule has 4 amide bonds. The van der Waals surface area contributed by atoms with Crippen molar-refractivity contribution in [2.75, 3.05) is 26.3 Å². The number of rotatable bonds is 36. The van der Waals surface area contributed by atoms with Gasteiger partial charge in [0.05, 0.1) is 0 Å². The van der Waals surface area contributed by atoms with Crippen LogP contribution in [-0.2, 0) is 165 Å². The summed E-state index contributed by atoms with van der Waals surface area (Å²) in [4.78, 5) is 241. The molecule has 2 fully saturated rings. The number of fused-ring (bicyclic) bond motifs is 1. The Morgan fingerprint density at radius 3 is 0.983 bits per heavy atom. The fourth-order valence-corrected chi connectivity index (χ4v) is 12.6. The molecule has 40 nitrogen and oxygen atoms in total. The summed E-state index contributed by atoms with van der Waals surface area (Å²) < 4.78 is 164. The van der Waals surface area contributed by atoms with Crippen molar-refractivity contribution in [1.82, 2.24) is 21.3 Å². The summed E-state index contributed by atoms with van der Waals surface area (Å²) >= 11 is 0. The lowest BCUT2D eigenvalue weighted by Gasteiger charge is -2.50. The van der Waals surface area contributed by atoms with E-state index in [4.69, 9.17) is 89.5 Å². The van der Waals surface area contributed by atoms with Gasteiger partial charge in [-0.05, 0) is 46.2 Å². The summed E-state index contributed by atoms with van der Waals surface area (Å²) in [6.07, 6.45) is -33.7. The average molecular weight is 1670 g/mol. The molecule has 0 radical (unpaired) electrons. The van der Waals surface area contributed by atoms with Crippen LogP contribution < -0.4 is 21.3 Å². The molecule has 2 saturated heterocycles. The first-order valence-electron chi connectivity index (χ1n) is 41.9. The Kier molecular flexibility index (Phi) is 28.8. The minimum atomic E-state index is -2.88. The molecule has 4 aromatic carbocycles. The molecule has 4 aromatic rings. The molecule has 0 spiro atoms. The highest BCUT2D eigenvalue weighted by molar-refractivity contribution is 6.02. The van der Waals surface area contributed by atoms with E-state index in [9.17, 15) is 96.5 Å². The van der Waals surface area contributed by atoms with E-state index in [1.807, 2.05) is 0 Å². The topological polar surface area (TPSA) is 544 Å². The van der Waals surface area contributed by atoms with Crippen molar-refractivity contribution in [3.8, 4) is 0 Å². The number of ether oxygens (including phenoxy) is 16. The average Bonchev–Trinajstić information content (AvgIpc) is 0.751. The van der Waals surface area contributed by atoms with Gasteiger partial charge in [0.2, 0.25) is 12.2 Å². The van der Waals surface area contributed by atoms with Gasteiger partial charge in [-0.15, -0.1) is 0 Å². The van der Waals surface area contributed by atoms with E-state index in [1.54, 1.807) is 12.1 Å². The van der Waals surface area contributed by atoms with Crippen LogP contribution in [0.25, 0.3) is 10.8 Å². The highest BCUT2D eigenvalue weighted by atomic mass is 16.7. The Bertz CT molecular complexity index is 4340. The van der Waals surface area contributed by atoms with Gasteiger partial charge in [-0.2, -0.15) is 0 Å². The predicted molar refractivity (Wildman–Crippen MR) is 392 cm³/mol. The maximum atomic E-state index is 15.0. The third-order valence-corrected chi connectivity index (χ3v) is 16.9. The quantitative estimate of drug-likeness (QED) is 0.0262. The fraction of sp³-hybridized carbons (Fsp3) is 0.487. The van der Waals surface area contributed by atoms with Gasteiger partial charge in [0.1, 0.15) is 37.5 Å². The highest BCUT2D eigenvalue weighted by Gasteiger charge is 2.61. The van der Waals surface area contributed by atoms with Crippen LogP contribution in [0.2, 0.25) is 0 Å². The molecule has 640 valence electrons. The van der Waals surface area contributed by atoms with E-state index in [2.05, 4.69) is 21.3 Å². The fourth-order valence-electron chi connectivity index (χ4n) is 12.6. The van der Waals surface area contributed by atoms with Gasteiger partial charge in [-0.3, -0.25) is 86.3 Å². The number of aliphatic hydroxyl groups is 2. The molecule has 118 heavy (non-hydrogen) atoms. The number of esters is 14. The van der Waals surface area contributed by atoms with Gasteiger partial charge >= 0.3 is 83.6 Å². The Morgan fingerprint density at radius 2 is 0.669 bits per heavy atom. The Morgan fingerprint density at radius 1 is 0.373 bits per heavy atom. The zero-order valence-electron chi connectivity index (χ0n) is 73.6. The van der Waals surface area contributed by atoms with E-state index in [0.29, 0.717) is 0 Å². The second-order valence-corrected chi connectivity index (χ2v) is 25.9. The second kappa shape index (κ2) is 42.9. The number of amides is 4. The molecule has 2 aliphatic heterocycles. The minimum absolute atomic E-state index is 0.166. The van der Waals surface area contributed by atoms with Crippen LogP contribution in [0, 0.1) is 0 Å². The first-order valence-corrected chi connectivity index (χ1v) is 34.8. The maximum absolute atomic E-state index is 15.0. The van der Waals surface area contributed by atoms with Crippen molar-refractivity contribution < 1.29 is 186 Å². The van der Waals surface area contributed by atoms with Crippen molar-refractivity contribution in [2.24, 2.45) is 0 Å². The third-order valence-electron chi connectivity index (χ3n) is 16.9. The zero-order valence-corrected chi connectivity index (χ0v) is 63.6. The Balaban J connectivity index is 1.40. The van der Waals surface area contributed by atoms with Crippen molar-refractivity contribution in [1.29, 1.82) is 0 Å². The maximum Gasteiger partial charge on any atom is 0.303 e. The summed E-state index contributed by atoms with van der Waals surface area (Å²) in [6, 6.07) is 18.6. The molecule has 18 atom stereocenters. The lowest BCUT2D eigenvalue weighted by molar-refractivity contribution is -0.314. The number of benzene rings is 4. The van der Waals surface area contributed by atoms with Crippen molar-refractivity contribution in [2.45, 2.75) is 219 Å². The lowest BCUT2D eigenvalue weighted by atomic mass is 9.85. The van der Waals surface area contributed by atoms with E-state index in [0.717, 1.165) is 27.7 Å². The van der Waals surface area contributed by atoms with Crippen molar-refractivity contribution in [3.63, 3.8) is 0 Å². The summed E-state index contributed by atoms with van der Waals surface area (Å²) in [6.45, 7) is -13.3. The van der Waals surface area contributed by atoms with Gasteiger partial charge in [0, 0.05) is 147 Å². The van der Waals surface area contributed by atoms with Crippen molar-refractivity contribution in [3.05, 3.63) is 119 Å². The molecule has 0 bridgehead atoms. The first-order chi connectivity index (χ1) is 60.7. The number of hydrogen-bond acceptors (Lipinski definition) is 36. The summed E-state index contributed by atoms with van der Waals surface area (Å²) in [7, 11) is 0. The minimum Gasteiger partial charge on any atom is -0.462 e. The molecular weight excluding hydrogens is 1570 g/mol. The predicted octanol–water partition coefficient (Wildman–Crippen LogP) is 0.236. The molecular formula is C78H92N4O36. The van der Waals surface area contributed by atoms with E-state index in [1.165, 1.54) is 84.9 Å². The third kappa shape index (κ3) is 27.8. The van der Waals surface area contributed by atoms with Crippen LogP contribution in [0.3, 0.4) is 0 Å². The van der Waals surface area contributed by atoms with Gasteiger partial charge in [0.25, 0.3) is 23.6 Å². The van der Waals surface area contributed by atoms with Crippen LogP contribution in [0.15, 0.2) is 97.1 Å². The molecule has 0 unspecified atom stereocenters. The highest BCUT2D eigenvalue weighted by Crippen LogP contribution is 2.38. The van der Waals surface area contributed by atoms with Crippen molar-refractivity contribution >= 4 is 118 Å². The smallest absolute Gasteiger partial charge is 0.303 e. The van der Waals surface area contributed by atoms with E-state index in [-0.39, 0.29) is 33.0 Å². The van der Waals surface area contributed by atoms with E-state index < -0.39 is 324 Å². The molecule has 6 N–H and O–H groups in total. The number of carbonyl (C=O) groups is 18. The molecule has 2 heterocycles. The van der Waals surface area contributed by atoms with Crippen LogP contribution in [0.5, 0.6) is 0 Å². The molecule has 2 aliphatic rings. The van der Waals surface area contributed by atoms with Gasteiger partial charge in [-0.1, -0.05) is 72.8 Å². The van der Waals surface area contributed by atoms with Crippen LogP contribution in [0.1, 0.15) is 142 Å². The normalized spacial score (nSPS) is 23.0. The molecule has 0 aromatic heterocycles. The number of hydrogen-bond donors (Lipinski definition) is 6. The Labute approximate surface area is 687 Å². The monoisotopic (exact) mass is 1670 g/mol. The first kappa shape index (κ1) is 79.3. The lowest BCUT2D eigenvalue weighted by Crippen LogP contribution is -2.73. The second-order valence-electron chi connectivity index (χ2n) is 25.9. The van der Waals surface area contributed by atoms with Gasteiger partial charge < -0.3 is 107 Å². The standard InChI is InChI=1S/C78H92N4O36/c1-37(83)103-35-59(105-39(3)85)63(109-43(7)89)65(111-45(9)91)69(115-49(13)95)75(99)79-33-57-61(107-41(5)87)67(113-47(11)93)71(77(101,117-57)31-51-21-17-15-18-22-51)81-73(97)55-27-25-54-30-56(28-26-53(54)29-55)74(98)82-72-68(114-48(12)94)62(108-42(6)88)58(118-78(72,102)32-52-23-19-16-20-24-52)34-80-76(100)70(116-50(14)96)66(112-46(10)92)64(110-44(8)90)60(106-40(4)86)36-104-38(2)84/h15-30,57-72,101-102H,31-36H2,1-14H3,(H,79,99)(H,80,100)(H,81,97)(H,82,98)/t57-,58-,59-,60-,61-,62-,63-,64-,65+,66+,67+,68+,69-,70-,71-,72-,77+,78+/m1/s1/i1D,2D,3D,4D,7D,8D,9D,10D,13D,14D. The van der Waals surface area contributed by atoms with E-state index >= 15 is 0 Å². The molecule has 6 rings (SSSR count). The van der Waals surface area contributed by atoms with Crippen LogP contribution in [-0.4, -0.2) is 253 Å². The number of nitrogens with one attached hydrogen (secondary N) is 4. The number of carbonyl (C=O) groups excluding carboxylic acids is 18. The molecule has 0 saturated carbocycles. The van der Waals surface area contributed by atoms with Crippen LogP contribution in [0.4, 0.5) is 0 Å². The summed E-state index contributed by atoms with van der Waals surface area (Å²) in [5.41, 5.74) is -0.0474. The summed E-state index contributed by atoms with van der Waals surface area (Å²) in [5.74, 6) is -30.8. The Hall–Kier alpha value is -12.6. The van der Waals surface area contributed by atoms with Gasteiger partial charge in [-0.25, -0.2) is 0 Å². The van der Waals surface area contributed by atoms with Crippen LogP contribution >= 0.6 is 0 Å².